The van der Waals surface area contributed by atoms with Crippen LogP contribution in [-0.2, 0) is 0 Å². The molecule has 104 valence electrons. The van der Waals surface area contributed by atoms with Gasteiger partial charge in [-0.15, -0.1) is 0 Å². The number of nitrogens with one attached hydrogen (secondary N) is 2. The Hall–Kier alpha value is -2.64. The number of carbonyl (C=O) groups excluding carboxylic acids is 1. The molecular weight excluding hydrogens is 275 g/mol. The van der Waals surface area contributed by atoms with Crippen molar-refractivity contribution in [2.24, 2.45) is 0 Å². The van der Waals surface area contributed by atoms with Crippen LogP contribution in [0.3, 0.4) is 0 Å². The number of aromatic nitrogens is 2. The van der Waals surface area contributed by atoms with Gasteiger partial charge in [0.25, 0.3) is 17.9 Å². The summed E-state index contributed by atoms with van der Waals surface area (Å²) in [7, 11) is 0. The summed E-state index contributed by atoms with van der Waals surface area (Å²) in [6.45, 7) is 0. The third-order valence-electron chi connectivity index (χ3n) is 2.36. The average molecular weight is 283 g/mol. The Morgan fingerprint density at radius 3 is 2.45 bits per heavy atom. The molecule has 5 nitrogen and oxygen atoms in total. The van der Waals surface area contributed by atoms with Gasteiger partial charge in [-0.25, -0.2) is 18.2 Å². The maximum atomic E-state index is 12.7. The predicted molar refractivity (Wildman–Crippen MR) is 64.2 cm³/mol. The Kier molecular flexibility index (Phi) is 3.83. The van der Waals surface area contributed by atoms with Crippen LogP contribution in [-0.4, -0.2) is 15.9 Å². The second-order valence-corrected chi connectivity index (χ2v) is 3.78. The monoisotopic (exact) mass is 283 g/mol. The quantitative estimate of drug-likeness (QED) is 0.905. The van der Waals surface area contributed by atoms with Gasteiger partial charge in [-0.2, -0.15) is 0 Å². The maximum absolute atomic E-state index is 12.7. The number of rotatable bonds is 3. The van der Waals surface area contributed by atoms with Gasteiger partial charge in [0, 0.05) is 5.69 Å². The van der Waals surface area contributed by atoms with Gasteiger partial charge in [0.2, 0.25) is 0 Å². The van der Waals surface area contributed by atoms with Gasteiger partial charge < -0.3 is 10.3 Å². The van der Waals surface area contributed by atoms with Gasteiger partial charge in [0.05, 0.1) is 6.20 Å². The van der Waals surface area contributed by atoms with E-state index in [1.807, 2.05) is 4.98 Å². The first-order valence-electron chi connectivity index (χ1n) is 5.41. The molecule has 0 aliphatic carbocycles. The first kappa shape index (κ1) is 13.8. The lowest BCUT2D eigenvalue weighted by molar-refractivity contribution is 0.101. The fraction of sp³-hybridized carbons (Fsp3) is 0.0833. The molecule has 0 saturated heterocycles. The standard InChI is InChI=1S/C12H8F3N3O2/c13-6-1-3-7(4-2-6)17-11(19)9-12(20)18-8(5-16-9)10(14)15/h1-5,10H,(H,17,19)(H,18,20). The van der Waals surface area contributed by atoms with Gasteiger partial charge >= 0.3 is 0 Å². The van der Waals surface area contributed by atoms with E-state index in [4.69, 9.17) is 0 Å². The SMILES string of the molecule is O=C(Nc1ccc(F)cc1)c1ncc(C(F)F)[nH]c1=O. The van der Waals surface area contributed by atoms with Gasteiger partial charge in [-0.3, -0.25) is 9.59 Å². The second kappa shape index (κ2) is 5.55. The minimum absolute atomic E-state index is 0.246. The first-order chi connectivity index (χ1) is 9.47. The molecule has 2 N–H and O–H groups in total. The smallest absolute Gasteiger partial charge is 0.280 e. The number of halogens is 3. The highest BCUT2D eigenvalue weighted by Crippen LogP contribution is 2.13. The first-order valence-corrected chi connectivity index (χ1v) is 5.41. The number of H-pyrrole nitrogens is 1. The molecule has 0 saturated carbocycles. The molecule has 0 aliphatic heterocycles. The van der Waals surface area contributed by atoms with E-state index in [9.17, 15) is 22.8 Å². The molecule has 8 heteroatoms. The van der Waals surface area contributed by atoms with Crippen LogP contribution in [0.4, 0.5) is 18.9 Å². The third kappa shape index (κ3) is 3.02. The molecule has 0 fully saturated rings. The highest BCUT2D eigenvalue weighted by Gasteiger charge is 2.16. The molecule has 2 rings (SSSR count). The number of anilines is 1. The van der Waals surface area contributed by atoms with Crippen molar-refractivity contribution in [2.75, 3.05) is 5.32 Å². The molecule has 2 aromatic rings. The molecule has 1 aromatic carbocycles. The highest BCUT2D eigenvalue weighted by molar-refractivity contribution is 6.02. The molecule has 0 spiro atoms. The summed E-state index contributed by atoms with van der Waals surface area (Å²) in [6.07, 6.45) is -2.17. The van der Waals surface area contributed by atoms with Crippen molar-refractivity contribution < 1.29 is 18.0 Å². The fourth-order valence-electron chi connectivity index (χ4n) is 1.41. The maximum Gasteiger partial charge on any atom is 0.280 e. The summed E-state index contributed by atoms with van der Waals surface area (Å²) >= 11 is 0. The fourth-order valence-corrected chi connectivity index (χ4v) is 1.41. The molecule has 0 unspecified atom stereocenters. The minimum atomic E-state index is -2.88. The second-order valence-electron chi connectivity index (χ2n) is 3.78. The molecular formula is C12H8F3N3O2. The van der Waals surface area contributed by atoms with E-state index in [2.05, 4.69) is 10.3 Å². The third-order valence-corrected chi connectivity index (χ3v) is 2.36. The van der Waals surface area contributed by atoms with Gasteiger partial charge in [-0.05, 0) is 24.3 Å². The van der Waals surface area contributed by atoms with E-state index in [0.717, 1.165) is 12.1 Å². The summed E-state index contributed by atoms with van der Waals surface area (Å²) < 4.78 is 37.3. The molecule has 1 heterocycles. The minimum Gasteiger partial charge on any atom is -0.320 e. The molecule has 1 amide bonds. The lowest BCUT2D eigenvalue weighted by Gasteiger charge is -2.04. The summed E-state index contributed by atoms with van der Waals surface area (Å²) in [5.41, 5.74) is -2.01. The van der Waals surface area contributed by atoms with Crippen molar-refractivity contribution in [1.82, 2.24) is 9.97 Å². The van der Waals surface area contributed by atoms with Crippen LogP contribution in [0.5, 0.6) is 0 Å². The van der Waals surface area contributed by atoms with Crippen LogP contribution in [0, 0.1) is 5.82 Å². The number of hydrogen-bond donors (Lipinski definition) is 2. The highest BCUT2D eigenvalue weighted by atomic mass is 19.3. The van der Waals surface area contributed by atoms with Crippen LogP contribution < -0.4 is 10.9 Å². The van der Waals surface area contributed by atoms with Crippen molar-refractivity contribution in [3.05, 3.63) is 58.0 Å². The number of carbonyl (C=O) groups is 1. The van der Waals surface area contributed by atoms with Crippen molar-refractivity contribution in [3.63, 3.8) is 0 Å². The van der Waals surface area contributed by atoms with Crippen molar-refractivity contribution >= 4 is 11.6 Å². The van der Waals surface area contributed by atoms with Gasteiger partial charge in [0.1, 0.15) is 11.5 Å². The predicted octanol–water partition coefficient (Wildman–Crippen LogP) is 2.10. The topological polar surface area (TPSA) is 74.8 Å². The van der Waals surface area contributed by atoms with Crippen LogP contribution in [0.25, 0.3) is 0 Å². The number of nitrogens with zero attached hydrogens (tertiary/aromatic N) is 1. The average Bonchev–Trinajstić information content (AvgIpc) is 2.41. The Labute approximate surface area is 110 Å². The number of aromatic amines is 1. The molecule has 0 atom stereocenters. The molecule has 0 aliphatic rings. The summed E-state index contributed by atoms with van der Waals surface area (Å²) in [4.78, 5) is 28.4. The number of hydrogen-bond acceptors (Lipinski definition) is 3. The van der Waals surface area contributed by atoms with Gasteiger partial charge in [0.15, 0.2) is 5.69 Å². The Bertz CT molecular complexity index is 683. The lowest BCUT2D eigenvalue weighted by Crippen LogP contribution is -2.26. The van der Waals surface area contributed by atoms with E-state index in [-0.39, 0.29) is 5.69 Å². The molecule has 0 radical (unpaired) electrons. The zero-order chi connectivity index (χ0) is 14.7. The molecule has 1 aromatic heterocycles. The van der Waals surface area contributed by atoms with E-state index in [0.29, 0.717) is 6.20 Å². The van der Waals surface area contributed by atoms with Crippen LogP contribution in [0.2, 0.25) is 0 Å². The van der Waals surface area contributed by atoms with E-state index < -0.39 is 35.1 Å². The summed E-state index contributed by atoms with van der Waals surface area (Å²) in [5, 5.41) is 2.30. The lowest BCUT2D eigenvalue weighted by atomic mass is 10.3. The Balaban J connectivity index is 2.21. The van der Waals surface area contributed by atoms with E-state index in [1.165, 1.54) is 12.1 Å². The van der Waals surface area contributed by atoms with E-state index >= 15 is 0 Å². The Morgan fingerprint density at radius 2 is 1.90 bits per heavy atom. The summed E-state index contributed by atoms with van der Waals surface area (Å²) in [6, 6.07) is 4.81. The molecule has 20 heavy (non-hydrogen) atoms. The number of benzene rings is 1. The van der Waals surface area contributed by atoms with Crippen molar-refractivity contribution in [1.29, 1.82) is 0 Å². The van der Waals surface area contributed by atoms with Crippen LogP contribution >= 0.6 is 0 Å². The largest absolute Gasteiger partial charge is 0.320 e. The Morgan fingerprint density at radius 1 is 1.25 bits per heavy atom. The normalized spacial score (nSPS) is 10.6. The van der Waals surface area contributed by atoms with Crippen LogP contribution in [0.15, 0.2) is 35.3 Å². The van der Waals surface area contributed by atoms with Crippen molar-refractivity contribution in [2.45, 2.75) is 6.43 Å². The molecule has 0 bridgehead atoms. The zero-order valence-electron chi connectivity index (χ0n) is 9.86. The van der Waals surface area contributed by atoms with Crippen molar-refractivity contribution in [3.8, 4) is 0 Å². The number of amides is 1. The van der Waals surface area contributed by atoms with Gasteiger partial charge in [-0.1, -0.05) is 0 Å². The zero-order valence-corrected chi connectivity index (χ0v) is 9.86. The number of alkyl halides is 2. The van der Waals surface area contributed by atoms with E-state index in [1.54, 1.807) is 0 Å². The van der Waals surface area contributed by atoms with Crippen LogP contribution in [0.1, 0.15) is 22.6 Å². The summed E-state index contributed by atoms with van der Waals surface area (Å²) in [5.74, 6) is -1.36.